The van der Waals surface area contributed by atoms with Gasteiger partial charge in [0.25, 0.3) is 0 Å². The van der Waals surface area contributed by atoms with Crippen LogP contribution in [0, 0.1) is 6.92 Å². The van der Waals surface area contributed by atoms with Crippen LogP contribution in [0.25, 0.3) is 0 Å². The minimum absolute atomic E-state index is 0.102. The molecule has 146 valence electrons. The molecular formula is C21H29N3O2S. The lowest BCUT2D eigenvalue weighted by molar-refractivity contribution is 0.0522. The van der Waals surface area contributed by atoms with Gasteiger partial charge in [0.2, 0.25) is 0 Å². The Labute approximate surface area is 165 Å². The van der Waals surface area contributed by atoms with Crippen LogP contribution in [0.2, 0.25) is 0 Å². The Morgan fingerprint density at radius 1 is 1.33 bits per heavy atom. The first-order valence-corrected chi connectivity index (χ1v) is 10.3. The summed E-state index contributed by atoms with van der Waals surface area (Å²) in [6, 6.07) is 10.6. The van der Waals surface area contributed by atoms with Crippen molar-refractivity contribution in [2.24, 2.45) is 10.7 Å². The van der Waals surface area contributed by atoms with E-state index in [0.29, 0.717) is 12.5 Å². The van der Waals surface area contributed by atoms with E-state index < -0.39 is 0 Å². The van der Waals surface area contributed by atoms with Crippen molar-refractivity contribution >= 4 is 17.3 Å². The molecule has 1 aromatic carbocycles. The maximum atomic E-state index is 6.15. The van der Waals surface area contributed by atoms with Crippen molar-refractivity contribution in [1.29, 1.82) is 0 Å². The number of nitrogens with one attached hydrogen (secondary N) is 1. The molecule has 0 amide bonds. The van der Waals surface area contributed by atoms with Crippen LogP contribution in [0.15, 0.2) is 40.7 Å². The summed E-state index contributed by atoms with van der Waals surface area (Å²) in [6.07, 6.45) is 2.79. The summed E-state index contributed by atoms with van der Waals surface area (Å²) in [5, 5.41) is 5.34. The number of aryl methyl sites for hydroxylation is 1. The molecule has 2 aromatic rings. The second kappa shape index (κ2) is 9.24. The van der Waals surface area contributed by atoms with Gasteiger partial charge in [0.1, 0.15) is 5.75 Å². The molecule has 3 rings (SSSR count). The standard InChI is InChI=1S/C21H29N3O2S/c1-16-5-6-19(25-2)18(14-16)21(8-11-26-12-9-21)15-24-20(22)23-10-7-17-4-3-13-27-17/h3-6,13-14H,7-12,15H2,1-2H3,(H3,22,23,24). The molecule has 3 N–H and O–H groups in total. The molecule has 0 spiro atoms. The van der Waals surface area contributed by atoms with Gasteiger partial charge in [-0.1, -0.05) is 23.8 Å². The number of guanidine groups is 1. The Bertz CT molecular complexity index is 753. The molecule has 1 aromatic heterocycles. The van der Waals surface area contributed by atoms with Crippen molar-refractivity contribution in [2.75, 3.05) is 33.4 Å². The Kier molecular flexibility index (Phi) is 6.74. The van der Waals surface area contributed by atoms with Crippen molar-refractivity contribution in [3.8, 4) is 5.75 Å². The van der Waals surface area contributed by atoms with E-state index in [4.69, 9.17) is 20.2 Å². The van der Waals surface area contributed by atoms with Crippen LogP contribution in [0.1, 0.15) is 28.8 Å². The number of rotatable bonds is 7. The van der Waals surface area contributed by atoms with Gasteiger partial charge in [-0.15, -0.1) is 11.3 Å². The number of thiophene rings is 1. The third-order valence-corrected chi connectivity index (χ3v) is 6.12. The van der Waals surface area contributed by atoms with Crippen LogP contribution in [0.5, 0.6) is 5.75 Å². The zero-order valence-corrected chi connectivity index (χ0v) is 17.0. The largest absolute Gasteiger partial charge is 0.496 e. The summed E-state index contributed by atoms with van der Waals surface area (Å²) in [4.78, 5) is 6.04. The van der Waals surface area contributed by atoms with Gasteiger partial charge in [0, 0.05) is 35.6 Å². The Morgan fingerprint density at radius 3 is 2.85 bits per heavy atom. The maximum Gasteiger partial charge on any atom is 0.188 e. The molecule has 5 nitrogen and oxygen atoms in total. The number of ether oxygens (including phenoxy) is 2. The van der Waals surface area contributed by atoms with Crippen LogP contribution in [-0.2, 0) is 16.6 Å². The van der Waals surface area contributed by atoms with Crippen molar-refractivity contribution in [2.45, 2.75) is 31.6 Å². The fourth-order valence-electron chi connectivity index (χ4n) is 3.57. The summed E-state index contributed by atoms with van der Waals surface area (Å²) in [5.41, 5.74) is 8.48. The fourth-order valence-corrected chi connectivity index (χ4v) is 4.28. The molecule has 0 aliphatic carbocycles. The zero-order chi connectivity index (χ0) is 19.1. The molecule has 2 heterocycles. The van der Waals surface area contributed by atoms with Crippen LogP contribution >= 0.6 is 11.3 Å². The second-order valence-electron chi connectivity index (χ2n) is 7.05. The van der Waals surface area contributed by atoms with Gasteiger partial charge in [0.15, 0.2) is 5.96 Å². The number of nitrogens with zero attached hydrogens (tertiary/aromatic N) is 1. The van der Waals surface area contributed by atoms with Gasteiger partial charge in [-0.3, -0.25) is 4.99 Å². The van der Waals surface area contributed by atoms with Crippen LogP contribution < -0.4 is 15.8 Å². The molecule has 1 saturated heterocycles. The van der Waals surface area contributed by atoms with E-state index in [9.17, 15) is 0 Å². The van der Waals surface area contributed by atoms with Crippen LogP contribution in [0.3, 0.4) is 0 Å². The first-order valence-electron chi connectivity index (χ1n) is 9.42. The molecule has 0 atom stereocenters. The van der Waals surface area contributed by atoms with E-state index in [2.05, 4.69) is 41.9 Å². The SMILES string of the molecule is COc1ccc(C)cc1C1(CN=C(N)NCCc2cccs2)CCOCC1. The lowest BCUT2D eigenvalue weighted by Gasteiger charge is -2.37. The summed E-state index contributed by atoms with van der Waals surface area (Å²) in [6.45, 7) is 5.00. The summed E-state index contributed by atoms with van der Waals surface area (Å²) < 4.78 is 11.3. The van der Waals surface area contributed by atoms with E-state index >= 15 is 0 Å². The average molecular weight is 388 g/mol. The minimum atomic E-state index is -0.102. The van der Waals surface area contributed by atoms with E-state index in [1.807, 2.05) is 6.07 Å². The monoisotopic (exact) mass is 387 g/mol. The normalized spacial score (nSPS) is 16.9. The predicted octanol–water partition coefficient (Wildman–Crippen LogP) is 3.26. The van der Waals surface area contributed by atoms with Crippen molar-refractivity contribution in [1.82, 2.24) is 5.32 Å². The highest BCUT2D eigenvalue weighted by Crippen LogP contribution is 2.40. The second-order valence-corrected chi connectivity index (χ2v) is 8.09. The van der Waals surface area contributed by atoms with Gasteiger partial charge < -0.3 is 20.5 Å². The third kappa shape index (κ3) is 5.02. The maximum absolute atomic E-state index is 6.15. The van der Waals surface area contributed by atoms with Crippen LogP contribution in [-0.4, -0.2) is 39.4 Å². The zero-order valence-electron chi connectivity index (χ0n) is 16.2. The Hall–Kier alpha value is -2.05. The molecule has 0 radical (unpaired) electrons. The van der Waals surface area contributed by atoms with Crippen molar-refractivity contribution < 1.29 is 9.47 Å². The van der Waals surface area contributed by atoms with E-state index in [0.717, 1.165) is 44.8 Å². The molecule has 0 unspecified atom stereocenters. The highest BCUT2D eigenvalue weighted by molar-refractivity contribution is 7.09. The summed E-state index contributed by atoms with van der Waals surface area (Å²) in [5.74, 6) is 1.42. The lowest BCUT2D eigenvalue weighted by Crippen LogP contribution is -2.40. The predicted molar refractivity (Wildman–Crippen MR) is 112 cm³/mol. The Balaban J connectivity index is 1.72. The molecular weight excluding hydrogens is 358 g/mol. The van der Waals surface area contributed by atoms with Gasteiger partial charge >= 0.3 is 0 Å². The fraction of sp³-hybridized carbons (Fsp3) is 0.476. The minimum Gasteiger partial charge on any atom is -0.496 e. The van der Waals surface area contributed by atoms with Crippen molar-refractivity contribution in [3.63, 3.8) is 0 Å². The smallest absolute Gasteiger partial charge is 0.188 e. The summed E-state index contributed by atoms with van der Waals surface area (Å²) >= 11 is 1.76. The molecule has 6 heteroatoms. The molecule has 27 heavy (non-hydrogen) atoms. The van der Waals surface area contributed by atoms with E-state index in [1.165, 1.54) is 16.0 Å². The van der Waals surface area contributed by atoms with E-state index in [-0.39, 0.29) is 5.41 Å². The Morgan fingerprint density at radius 2 is 2.15 bits per heavy atom. The molecule has 1 fully saturated rings. The quantitative estimate of drug-likeness (QED) is 0.565. The third-order valence-electron chi connectivity index (χ3n) is 5.19. The van der Waals surface area contributed by atoms with Gasteiger partial charge in [-0.2, -0.15) is 0 Å². The highest BCUT2D eigenvalue weighted by atomic mass is 32.1. The topological polar surface area (TPSA) is 68.9 Å². The number of hydrogen-bond acceptors (Lipinski definition) is 4. The molecule has 0 saturated carbocycles. The number of methoxy groups -OCH3 is 1. The summed E-state index contributed by atoms with van der Waals surface area (Å²) in [7, 11) is 1.73. The molecule has 0 bridgehead atoms. The lowest BCUT2D eigenvalue weighted by atomic mass is 9.73. The number of hydrogen-bond donors (Lipinski definition) is 2. The van der Waals surface area contributed by atoms with E-state index in [1.54, 1.807) is 18.4 Å². The van der Waals surface area contributed by atoms with Gasteiger partial charge in [-0.05, 0) is 43.7 Å². The highest BCUT2D eigenvalue weighted by Gasteiger charge is 2.37. The van der Waals surface area contributed by atoms with Crippen LogP contribution in [0.4, 0.5) is 0 Å². The first-order chi connectivity index (χ1) is 13.1. The van der Waals surface area contributed by atoms with Gasteiger partial charge in [0.05, 0.1) is 13.7 Å². The first kappa shape index (κ1) is 19.7. The number of benzene rings is 1. The number of nitrogens with two attached hydrogens (primary N) is 1. The average Bonchev–Trinajstić information content (AvgIpc) is 3.20. The number of aliphatic imine (C=N–C) groups is 1. The molecule has 1 aliphatic heterocycles. The molecule has 1 aliphatic rings. The van der Waals surface area contributed by atoms with Gasteiger partial charge in [-0.25, -0.2) is 0 Å². The van der Waals surface area contributed by atoms with Crippen molar-refractivity contribution in [3.05, 3.63) is 51.7 Å².